The largest absolute Gasteiger partial charge is 0.396 e. The number of aldehydes is 1. The first-order valence-electron chi connectivity index (χ1n) is 5.85. The van der Waals surface area contributed by atoms with Gasteiger partial charge in [-0.3, -0.25) is 4.79 Å². The Morgan fingerprint density at radius 3 is 2.65 bits per heavy atom. The molecular formula is C13H16BrNO2. The molecule has 0 amide bonds. The Morgan fingerprint density at radius 1 is 1.41 bits per heavy atom. The number of benzene rings is 1. The molecule has 0 spiro atoms. The summed E-state index contributed by atoms with van der Waals surface area (Å²) in [4.78, 5) is 13.0. The molecule has 4 heteroatoms. The third kappa shape index (κ3) is 2.87. The van der Waals surface area contributed by atoms with Crippen LogP contribution >= 0.6 is 15.9 Å². The summed E-state index contributed by atoms with van der Waals surface area (Å²) in [5, 5.41) is 9.10. The molecule has 17 heavy (non-hydrogen) atoms. The molecule has 0 bridgehead atoms. The van der Waals surface area contributed by atoms with Gasteiger partial charge in [0.25, 0.3) is 0 Å². The number of rotatable bonds is 3. The molecule has 0 aliphatic carbocycles. The van der Waals surface area contributed by atoms with Crippen molar-refractivity contribution in [3.05, 3.63) is 28.2 Å². The van der Waals surface area contributed by atoms with Crippen LogP contribution in [0.5, 0.6) is 0 Å². The average Bonchev–Trinajstić information content (AvgIpc) is 2.39. The van der Waals surface area contributed by atoms with Gasteiger partial charge in [0.1, 0.15) is 0 Å². The first-order chi connectivity index (χ1) is 8.24. The van der Waals surface area contributed by atoms with Gasteiger partial charge in [0, 0.05) is 35.4 Å². The average molecular weight is 298 g/mol. The van der Waals surface area contributed by atoms with Gasteiger partial charge in [-0.15, -0.1) is 0 Å². The van der Waals surface area contributed by atoms with E-state index < -0.39 is 0 Å². The van der Waals surface area contributed by atoms with Crippen LogP contribution in [0.15, 0.2) is 22.7 Å². The van der Waals surface area contributed by atoms with Crippen LogP contribution in [0.4, 0.5) is 5.69 Å². The molecule has 3 nitrogen and oxygen atoms in total. The Morgan fingerprint density at radius 2 is 2.12 bits per heavy atom. The van der Waals surface area contributed by atoms with Crippen LogP contribution in [-0.2, 0) is 0 Å². The number of nitrogens with zero attached hydrogens (tertiary/aromatic N) is 1. The van der Waals surface area contributed by atoms with Gasteiger partial charge in [-0.05, 0) is 52.9 Å². The number of hydrogen-bond donors (Lipinski definition) is 1. The van der Waals surface area contributed by atoms with E-state index in [-0.39, 0.29) is 0 Å². The molecule has 0 atom stereocenters. The highest BCUT2D eigenvalue weighted by Gasteiger charge is 2.18. The number of piperidine rings is 1. The second-order valence-corrected chi connectivity index (χ2v) is 5.29. The highest BCUT2D eigenvalue weighted by atomic mass is 79.9. The molecule has 1 N–H and O–H groups in total. The van der Waals surface area contributed by atoms with Gasteiger partial charge in [-0.2, -0.15) is 0 Å². The lowest BCUT2D eigenvalue weighted by molar-refractivity contribution is 0.112. The number of anilines is 1. The van der Waals surface area contributed by atoms with Crippen molar-refractivity contribution in [1.29, 1.82) is 0 Å². The van der Waals surface area contributed by atoms with Crippen molar-refractivity contribution in [2.45, 2.75) is 12.8 Å². The van der Waals surface area contributed by atoms with E-state index in [4.69, 9.17) is 5.11 Å². The van der Waals surface area contributed by atoms with Gasteiger partial charge >= 0.3 is 0 Å². The Hall–Kier alpha value is -0.870. The molecule has 1 fully saturated rings. The molecule has 0 radical (unpaired) electrons. The van der Waals surface area contributed by atoms with Gasteiger partial charge in [-0.25, -0.2) is 0 Å². The lowest BCUT2D eigenvalue weighted by atomic mass is 9.97. The molecular weight excluding hydrogens is 282 g/mol. The van der Waals surface area contributed by atoms with Crippen LogP contribution in [0.3, 0.4) is 0 Å². The van der Waals surface area contributed by atoms with E-state index in [1.54, 1.807) is 0 Å². The normalized spacial score (nSPS) is 17.2. The summed E-state index contributed by atoms with van der Waals surface area (Å²) < 4.78 is 0.842. The Balaban J connectivity index is 2.08. The molecule has 92 valence electrons. The fraction of sp³-hybridized carbons (Fsp3) is 0.462. The molecule has 0 unspecified atom stereocenters. The fourth-order valence-corrected chi connectivity index (χ4v) is 2.64. The highest BCUT2D eigenvalue weighted by Crippen LogP contribution is 2.27. The summed E-state index contributed by atoms with van der Waals surface area (Å²) in [6, 6.07) is 5.81. The predicted molar refractivity (Wildman–Crippen MR) is 71.6 cm³/mol. The topological polar surface area (TPSA) is 40.5 Å². The van der Waals surface area contributed by atoms with Crippen molar-refractivity contribution < 1.29 is 9.90 Å². The Labute approximate surface area is 110 Å². The van der Waals surface area contributed by atoms with Crippen molar-refractivity contribution in [2.75, 3.05) is 24.6 Å². The van der Waals surface area contributed by atoms with E-state index >= 15 is 0 Å². The molecule has 1 heterocycles. The lowest BCUT2D eigenvalue weighted by Gasteiger charge is -2.33. The maximum atomic E-state index is 10.7. The number of hydrogen-bond acceptors (Lipinski definition) is 3. The molecule has 1 aliphatic heterocycles. The van der Waals surface area contributed by atoms with Gasteiger partial charge in [0.2, 0.25) is 0 Å². The van der Waals surface area contributed by atoms with Crippen LogP contribution < -0.4 is 4.90 Å². The molecule has 0 saturated carbocycles. The van der Waals surface area contributed by atoms with Gasteiger partial charge in [0.15, 0.2) is 6.29 Å². The summed E-state index contributed by atoms with van der Waals surface area (Å²) in [6.07, 6.45) is 2.92. The molecule has 1 aromatic rings. The number of aliphatic hydroxyl groups is 1. The maximum absolute atomic E-state index is 10.7. The molecule has 0 aromatic heterocycles. The zero-order valence-corrected chi connectivity index (χ0v) is 11.2. The van der Waals surface area contributed by atoms with Crippen LogP contribution in [0, 0.1) is 5.92 Å². The SMILES string of the molecule is O=Cc1ccc(N2CCC(CO)CC2)cc1Br. The number of carbonyl (C=O) groups is 1. The molecule has 2 rings (SSSR count). The van der Waals surface area contributed by atoms with Crippen molar-refractivity contribution in [3.8, 4) is 0 Å². The third-order valence-corrected chi connectivity index (χ3v) is 4.04. The predicted octanol–water partition coefficient (Wildman–Crippen LogP) is 2.47. The molecule has 1 saturated heterocycles. The number of aliphatic hydroxyl groups excluding tert-OH is 1. The smallest absolute Gasteiger partial charge is 0.151 e. The number of carbonyl (C=O) groups excluding carboxylic acids is 1. The van der Waals surface area contributed by atoms with Crippen LogP contribution in [-0.4, -0.2) is 31.1 Å². The fourth-order valence-electron chi connectivity index (χ4n) is 2.18. The summed E-state index contributed by atoms with van der Waals surface area (Å²) in [5.74, 6) is 0.448. The number of halogens is 1. The summed E-state index contributed by atoms with van der Waals surface area (Å²) in [5.41, 5.74) is 1.82. The monoisotopic (exact) mass is 297 g/mol. The van der Waals surface area contributed by atoms with Crippen molar-refractivity contribution in [2.24, 2.45) is 5.92 Å². The lowest BCUT2D eigenvalue weighted by Crippen LogP contribution is -2.34. The summed E-state index contributed by atoms with van der Waals surface area (Å²) >= 11 is 3.40. The third-order valence-electron chi connectivity index (χ3n) is 3.35. The van der Waals surface area contributed by atoms with Crippen LogP contribution in [0.25, 0.3) is 0 Å². The minimum Gasteiger partial charge on any atom is -0.396 e. The van der Waals surface area contributed by atoms with E-state index in [1.165, 1.54) is 0 Å². The van der Waals surface area contributed by atoms with Crippen LogP contribution in [0.2, 0.25) is 0 Å². The minimum atomic E-state index is 0.293. The van der Waals surface area contributed by atoms with E-state index in [0.29, 0.717) is 18.1 Å². The van der Waals surface area contributed by atoms with E-state index in [9.17, 15) is 4.79 Å². The summed E-state index contributed by atoms with van der Waals surface area (Å²) in [7, 11) is 0. The van der Waals surface area contributed by atoms with Crippen molar-refractivity contribution in [1.82, 2.24) is 0 Å². The maximum Gasteiger partial charge on any atom is 0.151 e. The zero-order chi connectivity index (χ0) is 12.3. The van der Waals surface area contributed by atoms with Crippen molar-refractivity contribution in [3.63, 3.8) is 0 Å². The van der Waals surface area contributed by atoms with E-state index in [1.807, 2.05) is 18.2 Å². The zero-order valence-electron chi connectivity index (χ0n) is 9.60. The Bertz CT molecular complexity index is 400. The molecule has 1 aromatic carbocycles. The molecule has 1 aliphatic rings. The highest BCUT2D eigenvalue weighted by molar-refractivity contribution is 9.10. The van der Waals surface area contributed by atoms with Crippen LogP contribution in [0.1, 0.15) is 23.2 Å². The second kappa shape index (κ2) is 5.65. The standard InChI is InChI=1S/C13H16BrNO2/c14-13-7-12(2-1-11(13)9-17)15-5-3-10(8-16)4-6-15/h1-2,7,9-10,16H,3-6,8H2. The van der Waals surface area contributed by atoms with Crippen molar-refractivity contribution >= 4 is 27.9 Å². The van der Waals surface area contributed by atoms with Gasteiger partial charge < -0.3 is 10.0 Å². The second-order valence-electron chi connectivity index (χ2n) is 4.44. The minimum absolute atomic E-state index is 0.293. The van der Waals surface area contributed by atoms with E-state index in [2.05, 4.69) is 20.8 Å². The first-order valence-corrected chi connectivity index (χ1v) is 6.64. The van der Waals surface area contributed by atoms with Gasteiger partial charge in [0.05, 0.1) is 0 Å². The summed E-state index contributed by atoms with van der Waals surface area (Å²) in [6.45, 7) is 2.23. The Kier molecular flexibility index (Phi) is 4.18. The quantitative estimate of drug-likeness (QED) is 0.872. The first kappa shape index (κ1) is 12.6. The van der Waals surface area contributed by atoms with Gasteiger partial charge in [-0.1, -0.05) is 0 Å². The van der Waals surface area contributed by atoms with E-state index in [0.717, 1.165) is 42.4 Å².